The smallest absolute Gasteiger partial charge is 0.195 e. The van der Waals surface area contributed by atoms with E-state index in [-0.39, 0.29) is 5.41 Å². The molecule has 0 unspecified atom stereocenters. The molecule has 0 saturated heterocycles. The molecule has 2 nitrogen and oxygen atoms in total. The van der Waals surface area contributed by atoms with Crippen LogP contribution in [0, 0.1) is 0 Å². The Morgan fingerprint density at radius 2 is 1.49 bits per heavy atom. The van der Waals surface area contributed by atoms with Crippen molar-refractivity contribution < 1.29 is 0 Å². The molecule has 2 aromatic heterocycles. The van der Waals surface area contributed by atoms with E-state index in [0.29, 0.717) is 0 Å². The van der Waals surface area contributed by atoms with Gasteiger partial charge in [-0.3, -0.25) is 4.57 Å². The average Bonchev–Trinajstić information content (AvgIpc) is 3.52. The van der Waals surface area contributed by atoms with Crippen LogP contribution in [-0.2, 0) is 5.41 Å². The Labute approximate surface area is 207 Å². The van der Waals surface area contributed by atoms with E-state index in [0.717, 1.165) is 10.6 Å². The van der Waals surface area contributed by atoms with Crippen LogP contribution >= 0.6 is 11.3 Å². The van der Waals surface area contributed by atoms with Gasteiger partial charge in [-0.1, -0.05) is 98.0 Å². The highest BCUT2D eigenvalue weighted by Crippen LogP contribution is 2.55. The van der Waals surface area contributed by atoms with Crippen molar-refractivity contribution in [1.29, 1.82) is 0 Å². The predicted molar refractivity (Wildman–Crippen MR) is 149 cm³/mol. The normalized spacial score (nSPS) is 14.2. The van der Waals surface area contributed by atoms with Crippen molar-refractivity contribution in [2.24, 2.45) is 0 Å². The van der Waals surface area contributed by atoms with Crippen LogP contribution in [-0.4, -0.2) is 9.55 Å². The molecule has 8 rings (SSSR count). The monoisotopic (exact) mass is 466 g/mol. The lowest BCUT2D eigenvalue weighted by Gasteiger charge is -2.23. The van der Waals surface area contributed by atoms with Gasteiger partial charge < -0.3 is 0 Å². The van der Waals surface area contributed by atoms with Gasteiger partial charge in [0.25, 0.3) is 0 Å². The highest BCUT2D eigenvalue weighted by atomic mass is 32.1. The summed E-state index contributed by atoms with van der Waals surface area (Å²) in [6.45, 7) is 4.76. The van der Waals surface area contributed by atoms with Crippen molar-refractivity contribution in [3.63, 3.8) is 0 Å². The van der Waals surface area contributed by atoms with Gasteiger partial charge in [-0.15, -0.1) is 0 Å². The Hall–Kier alpha value is -3.95. The number of hydrogen-bond donors (Lipinski definition) is 0. The molecule has 35 heavy (non-hydrogen) atoms. The molecule has 1 aliphatic rings. The fourth-order valence-corrected chi connectivity index (χ4v) is 7.30. The minimum absolute atomic E-state index is 0.0706. The maximum absolute atomic E-state index is 5.04. The molecular formula is C32H22N2S. The van der Waals surface area contributed by atoms with Crippen molar-refractivity contribution in [3.8, 4) is 16.3 Å². The molecule has 5 aromatic carbocycles. The van der Waals surface area contributed by atoms with E-state index in [1.165, 1.54) is 59.5 Å². The van der Waals surface area contributed by atoms with E-state index in [9.17, 15) is 0 Å². The molecule has 3 heteroatoms. The third-order valence-electron chi connectivity index (χ3n) is 7.81. The second kappa shape index (κ2) is 6.59. The fourth-order valence-electron chi connectivity index (χ4n) is 6.31. The van der Waals surface area contributed by atoms with Crippen LogP contribution in [0.3, 0.4) is 0 Å². The van der Waals surface area contributed by atoms with Crippen LogP contribution in [0.25, 0.3) is 59.1 Å². The summed E-state index contributed by atoms with van der Waals surface area (Å²) in [4.78, 5) is 5.04. The standard InChI is InChI=1S/C32H22N2S/c1-32(2)23-17-18-26-29(28(23)22-16-15-19-9-3-4-10-20(19)30(22)32)21-11-5-7-13-25(21)34(26)31-33-24-12-6-8-14-27(24)35-31/h3-18H,1-2H3. The summed E-state index contributed by atoms with van der Waals surface area (Å²) >= 11 is 1.76. The molecule has 2 heterocycles. The summed E-state index contributed by atoms with van der Waals surface area (Å²) in [5.74, 6) is 0. The Bertz CT molecular complexity index is 1950. The second-order valence-electron chi connectivity index (χ2n) is 10.0. The molecular weight excluding hydrogens is 444 g/mol. The minimum atomic E-state index is -0.0706. The molecule has 0 aliphatic heterocycles. The van der Waals surface area contributed by atoms with Crippen molar-refractivity contribution in [1.82, 2.24) is 9.55 Å². The summed E-state index contributed by atoms with van der Waals surface area (Å²) in [5, 5.41) is 6.30. The average molecular weight is 467 g/mol. The summed E-state index contributed by atoms with van der Waals surface area (Å²) in [7, 11) is 0. The molecule has 0 spiro atoms. The Kier molecular flexibility index (Phi) is 3.64. The number of para-hydroxylation sites is 2. The van der Waals surface area contributed by atoms with Gasteiger partial charge in [-0.25, -0.2) is 4.98 Å². The van der Waals surface area contributed by atoms with Gasteiger partial charge >= 0.3 is 0 Å². The van der Waals surface area contributed by atoms with Gasteiger partial charge in [-0.05, 0) is 57.3 Å². The second-order valence-corrected chi connectivity index (χ2v) is 11.0. The molecule has 166 valence electrons. The van der Waals surface area contributed by atoms with E-state index >= 15 is 0 Å². The van der Waals surface area contributed by atoms with E-state index in [4.69, 9.17) is 4.98 Å². The lowest BCUT2D eigenvalue weighted by atomic mass is 9.80. The number of hydrogen-bond acceptors (Lipinski definition) is 2. The summed E-state index contributed by atoms with van der Waals surface area (Å²) in [6, 6.07) is 35.3. The molecule has 0 atom stereocenters. The van der Waals surface area contributed by atoms with Crippen LogP contribution in [0.5, 0.6) is 0 Å². The minimum Gasteiger partial charge on any atom is -0.285 e. The first-order chi connectivity index (χ1) is 17.1. The SMILES string of the molecule is CC1(C)c2ccc3c(c2-c2ccc4ccccc4c21)c1ccccc1n3-c1nc2ccccc2s1. The van der Waals surface area contributed by atoms with E-state index in [1.54, 1.807) is 11.3 Å². The summed E-state index contributed by atoms with van der Waals surface area (Å²) in [6.07, 6.45) is 0. The van der Waals surface area contributed by atoms with Gasteiger partial charge in [0.2, 0.25) is 0 Å². The van der Waals surface area contributed by atoms with Crippen LogP contribution in [0.15, 0.2) is 97.1 Å². The Morgan fingerprint density at radius 1 is 0.714 bits per heavy atom. The van der Waals surface area contributed by atoms with Crippen LogP contribution < -0.4 is 0 Å². The maximum Gasteiger partial charge on any atom is 0.195 e. The quantitative estimate of drug-likeness (QED) is 0.236. The lowest BCUT2D eigenvalue weighted by molar-refractivity contribution is 0.666. The summed E-state index contributed by atoms with van der Waals surface area (Å²) in [5.41, 5.74) is 9.00. The highest BCUT2D eigenvalue weighted by molar-refractivity contribution is 7.20. The van der Waals surface area contributed by atoms with Crippen molar-refractivity contribution >= 4 is 54.1 Å². The number of thiazole rings is 1. The number of nitrogens with zero attached hydrogens (tertiary/aromatic N) is 2. The first-order valence-corrected chi connectivity index (χ1v) is 12.9. The Morgan fingerprint density at radius 3 is 2.37 bits per heavy atom. The van der Waals surface area contributed by atoms with Crippen molar-refractivity contribution in [2.45, 2.75) is 19.3 Å². The zero-order chi connectivity index (χ0) is 23.3. The largest absolute Gasteiger partial charge is 0.285 e. The van der Waals surface area contributed by atoms with Gasteiger partial charge in [0.15, 0.2) is 5.13 Å². The zero-order valence-corrected chi connectivity index (χ0v) is 20.4. The molecule has 0 N–H and O–H groups in total. The van der Waals surface area contributed by atoms with Crippen LogP contribution in [0.2, 0.25) is 0 Å². The third kappa shape index (κ3) is 2.41. The van der Waals surface area contributed by atoms with Crippen molar-refractivity contribution in [2.75, 3.05) is 0 Å². The molecule has 0 radical (unpaired) electrons. The number of aromatic nitrogens is 2. The van der Waals surface area contributed by atoms with E-state index in [1.807, 2.05) is 0 Å². The molecule has 7 aromatic rings. The molecule has 1 aliphatic carbocycles. The predicted octanol–water partition coefficient (Wildman–Crippen LogP) is 8.85. The zero-order valence-electron chi connectivity index (χ0n) is 19.5. The topological polar surface area (TPSA) is 17.8 Å². The van der Waals surface area contributed by atoms with Crippen LogP contribution in [0.1, 0.15) is 25.0 Å². The van der Waals surface area contributed by atoms with Crippen LogP contribution in [0.4, 0.5) is 0 Å². The molecule has 0 saturated carbocycles. The number of fused-ring (bicyclic) bond motifs is 10. The van der Waals surface area contributed by atoms with Gasteiger partial charge in [0.1, 0.15) is 0 Å². The first kappa shape index (κ1) is 19.4. The molecule has 0 fully saturated rings. The maximum atomic E-state index is 5.04. The fraction of sp³-hybridized carbons (Fsp3) is 0.0938. The van der Waals surface area contributed by atoms with Gasteiger partial charge in [-0.2, -0.15) is 0 Å². The first-order valence-electron chi connectivity index (χ1n) is 12.1. The van der Waals surface area contributed by atoms with Gasteiger partial charge in [0, 0.05) is 16.2 Å². The summed E-state index contributed by atoms with van der Waals surface area (Å²) < 4.78 is 3.58. The lowest BCUT2D eigenvalue weighted by Crippen LogP contribution is -2.15. The van der Waals surface area contributed by atoms with E-state index in [2.05, 4.69) is 115 Å². The van der Waals surface area contributed by atoms with E-state index < -0.39 is 0 Å². The van der Waals surface area contributed by atoms with Gasteiger partial charge in [0.05, 0.1) is 21.3 Å². The Balaban J connectivity index is 1.55. The third-order valence-corrected chi connectivity index (χ3v) is 8.83. The number of rotatable bonds is 1. The molecule has 0 amide bonds. The molecule has 0 bridgehead atoms. The van der Waals surface area contributed by atoms with Crippen molar-refractivity contribution in [3.05, 3.63) is 108 Å². The number of benzene rings is 5. The highest BCUT2D eigenvalue weighted by Gasteiger charge is 2.38.